The first-order valence-electron chi connectivity index (χ1n) is 12.3. The summed E-state index contributed by atoms with van der Waals surface area (Å²) in [6.07, 6.45) is 2.22. The van der Waals surface area contributed by atoms with Crippen LogP contribution in [0.2, 0.25) is 10.0 Å². The van der Waals surface area contributed by atoms with Crippen molar-refractivity contribution in [1.82, 2.24) is 15.0 Å². The number of aliphatic hydroxyl groups is 1. The van der Waals surface area contributed by atoms with Crippen molar-refractivity contribution in [1.29, 1.82) is 0 Å². The molecule has 0 saturated carbocycles. The number of anilines is 1. The molecule has 0 bridgehead atoms. The molecule has 0 fully saturated rings. The molecule has 5 rings (SSSR count). The predicted octanol–water partition coefficient (Wildman–Crippen LogP) is 7.26. The number of pyridine rings is 2. The van der Waals surface area contributed by atoms with E-state index >= 15 is 4.39 Å². The Kier molecular flexibility index (Phi) is 8.41. The predicted molar refractivity (Wildman–Crippen MR) is 157 cm³/mol. The number of hydrogen-bond acceptors (Lipinski definition) is 9. The second-order valence-corrected chi connectivity index (χ2v) is 10.9. The number of ether oxygens (including phenoxy) is 3. The van der Waals surface area contributed by atoms with Crippen LogP contribution in [0, 0.1) is 5.82 Å². The van der Waals surface area contributed by atoms with Gasteiger partial charge in [-0.3, -0.25) is 15.3 Å². The minimum absolute atomic E-state index is 0.111. The van der Waals surface area contributed by atoms with E-state index < -0.39 is 24.1 Å². The van der Waals surface area contributed by atoms with Gasteiger partial charge in [-0.25, -0.2) is 14.2 Å². The molecule has 13 heteroatoms. The molecule has 0 saturated heterocycles. The van der Waals surface area contributed by atoms with Crippen molar-refractivity contribution < 1.29 is 28.5 Å². The van der Waals surface area contributed by atoms with Crippen molar-refractivity contribution in [2.75, 3.05) is 12.4 Å². The highest BCUT2D eigenvalue weighted by atomic mass is 35.5. The number of nitrogens with one attached hydrogen (secondary N) is 1. The number of benzene rings is 2. The first-order valence-corrected chi connectivity index (χ1v) is 13.8. The molecule has 9 nitrogen and oxygen atoms in total. The molecule has 41 heavy (non-hydrogen) atoms. The Morgan fingerprint density at radius 2 is 1.90 bits per heavy atom. The molecule has 0 aliphatic heterocycles. The van der Waals surface area contributed by atoms with E-state index in [1.165, 1.54) is 29.8 Å². The summed E-state index contributed by atoms with van der Waals surface area (Å²) < 4.78 is 32.4. The van der Waals surface area contributed by atoms with Crippen LogP contribution in [-0.2, 0) is 11.3 Å². The lowest BCUT2D eigenvalue weighted by Gasteiger charge is -2.22. The third kappa shape index (κ3) is 6.13. The topological polar surface area (TPSA) is 116 Å². The number of nitrogens with zero attached hydrogens (tertiary/aromatic N) is 3. The number of aromatic nitrogens is 3. The van der Waals surface area contributed by atoms with Gasteiger partial charge in [-0.15, -0.1) is 11.3 Å². The molecule has 3 heterocycles. The Balaban J connectivity index is 1.37. The third-order valence-corrected chi connectivity index (χ3v) is 7.81. The number of thiazole rings is 1. The maximum atomic E-state index is 15.3. The van der Waals surface area contributed by atoms with E-state index in [4.69, 9.17) is 37.4 Å². The van der Waals surface area contributed by atoms with Gasteiger partial charge in [-0.2, -0.15) is 0 Å². The maximum Gasteiger partial charge on any atom is 0.412 e. The zero-order valence-electron chi connectivity index (χ0n) is 21.9. The number of amides is 1. The van der Waals surface area contributed by atoms with E-state index in [1.807, 2.05) is 6.07 Å². The number of carbonyl (C=O) groups excluding carboxylic acids is 1. The van der Waals surface area contributed by atoms with Crippen LogP contribution in [0.4, 0.5) is 14.9 Å². The molecule has 0 unspecified atom stereocenters. The fourth-order valence-electron chi connectivity index (χ4n) is 4.00. The number of hydrogen-bond donors (Lipinski definition) is 2. The Morgan fingerprint density at radius 3 is 2.66 bits per heavy atom. The summed E-state index contributed by atoms with van der Waals surface area (Å²) in [4.78, 5) is 25.4. The van der Waals surface area contributed by atoms with Crippen LogP contribution < -0.4 is 14.8 Å². The van der Waals surface area contributed by atoms with Crippen molar-refractivity contribution in [2.45, 2.75) is 32.7 Å². The SMILES string of the molecule is COc1cnc2c(-c3nc4c(Cl)c(F)c(O[C@@H](C)[C@@H](C)OC(=O)Nc5cncc(CO)c5)cc4s3)cc(Cl)cc2c1. The summed E-state index contributed by atoms with van der Waals surface area (Å²) in [6, 6.07) is 8.41. The van der Waals surface area contributed by atoms with Gasteiger partial charge in [0.1, 0.15) is 33.5 Å². The molecule has 1 amide bonds. The van der Waals surface area contributed by atoms with Gasteiger partial charge >= 0.3 is 6.09 Å². The van der Waals surface area contributed by atoms with Gasteiger partial charge in [0.15, 0.2) is 11.6 Å². The summed E-state index contributed by atoms with van der Waals surface area (Å²) in [6.45, 7) is 3.03. The van der Waals surface area contributed by atoms with Crippen LogP contribution in [0.25, 0.3) is 31.7 Å². The molecular weight excluding hydrogens is 594 g/mol. The Hall–Kier alpha value is -3.77. The first-order chi connectivity index (χ1) is 19.7. The number of rotatable bonds is 8. The van der Waals surface area contributed by atoms with Crippen LogP contribution in [-0.4, -0.2) is 45.5 Å². The van der Waals surface area contributed by atoms with Crippen LogP contribution in [0.3, 0.4) is 0 Å². The monoisotopic (exact) mass is 616 g/mol. The zero-order valence-corrected chi connectivity index (χ0v) is 24.3. The van der Waals surface area contributed by atoms with E-state index in [0.29, 0.717) is 42.8 Å². The summed E-state index contributed by atoms with van der Waals surface area (Å²) >= 11 is 14.1. The fourth-order valence-corrected chi connectivity index (χ4v) is 5.54. The highest BCUT2D eigenvalue weighted by molar-refractivity contribution is 7.21. The molecule has 2 atom stereocenters. The van der Waals surface area contributed by atoms with Crippen LogP contribution in [0.15, 0.2) is 48.9 Å². The number of halogens is 3. The minimum Gasteiger partial charge on any atom is -0.495 e. The highest BCUT2D eigenvalue weighted by Crippen LogP contribution is 2.41. The van der Waals surface area contributed by atoms with Gasteiger partial charge in [-0.1, -0.05) is 23.2 Å². The van der Waals surface area contributed by atoms with E-state index in [1.54, 1.807) is 45.4 Å². The molecule has 2 N–H and O–H groups in total. The van der Waals surface area contributed by atoms with Crippen molar-refractivity contribution >= 4 is 67.4 Å². The Morgan fingerprint density at radius 1 is 1.10 bits per heavy atom. The van der Waals surface area contributed by atoms with Crippen molar-refractivity contribution in [3.05, 3.63) is 70.3 Å². The molecule has 2 aromatic carbocycles. The standard InChI is InChI=1S/C28H23Cl2FN4O5S/c1-13(14(2)40-28(37)34-18-4-15(12-36)9-32-10-18)39-21-8-22-26(23(30)24(21)31)35-27(41-22)20-7-17(29)5-16-6-19(38-3)11-33-25(16)20/h4-11,13-14,36H,12H2,1-3H3,(H,34,37)/t13-,14+/m0/s1. The number of methoxy groups -OCH3 is 1. The van der Waals surface area contributed by atoms with Gasteiger partial charge in [0.05, 0.1) is 42.0 Å². The fraction of sp³-hybridized carbons (Fsp3) is 0.214. The molecule has 0 aliphatic rings. The van der Waals surface area contributed by atoms with E-state index in [2.05, 4.69) is 20.3 Å². The second-order valence-electron chi connectivity index (χ2n) is 9.07. The lowest BCUT2D eigenvalue weighted by molar-refractivity contribution is 0.0402. The molecule has 0 radical (unpaired) electrons. The summed E-state index contributed by atoms with van der Waals surface area (Å²) in [5.74, 6) is -0.315. The van der Waals surface area contributed by atoms with Crippen molar-refractivity contribution in [3.63, 3.8) is 0 Å². The van der Waals surface area contributed by atoms with Gasteiger partial charge in [0.25, 0.3) is 0 Å². The summed E-state index contributed by atoms with van der Waals surface area (Å²) in [5.41, 5.74) is 2.47. The maximum absolute atomic E-state index is 15.3. The highest BCUT2D eigenvalue weighted by Gasteiger charge is 2.24. The molecule has 0 aliphatic carbocycles. The average Bonchev–Trinajstić information content (AvgIpc) is 3.39. The lowest BCUT2D eigenvalue weighted by atomic mass is 10.1. The second kappa shape index (κ2) is 12.0. The largest absolute Gasteiger partial charge is 0.495 e. The quantitative estimate of drug-likeness (QED) is 0.187. The van der Waals surface area contributed by atoms with E-state index in [0.717, 1.165) is 5.39 Å². The zero-order chi connectivity index (χ0) is 29.3. The van der Waals surface area contributed by atoms with Crippen molar-refractivity contribution in [3.8, 4) is 22.1 Å². The number of fused-ring (bicyclic) bond motifs is 2. The van der Waals surface area contributed by atoms with Gasteiger partial charge < -0.3 is 19.3 Å². The molecule has 5 aromatic rings. The van der Waals surface area contributed by atoms with E-state index in [9.17, 15) is 9.90 Å². The lowest BCUT2D eigenvalue weighted by Crippen LogP contribution is -2.32. The Bertz CT molecular complexity index is 1770. The average molecular weight is 617 g/mol. The minimum atomic E-state index is -0.787. The number of aliphatic hydroxyl groups excluding tert-OH is 1. The van der Waals surface area contributed by atoms with Crippen LogP contribution >= 0.6 is 34.5 Å². The van der Waals surface area contributed by atoms with Gasteiger partial charge in [0, 0.05) is 28.2 Å². The molecule has 3 aromatic heterocycles. The van der Waals surface area contributed by atoms with Crippen molar-refractivity contribution in [2.24, 2.45) is 0 Å². The molecule has 212 valence electrons. The smallest absolute Gasteiger partial charge is 0.412 e. The molecule has 0 spiro atoms. The van der Waals surface area contributed by atoms with Gasteiger partial charge in [-0.05, 0) is 43.7 Å². The summed E-state index contributed by atoms with van der Waals surface area (Å²) in [5, 5.41) is 13.4. The molecular formula is C28H23Cl2FN4O5S. The van der Waals surface area contributed by atoms with E-state index in [-0.39, 0.29) is 22.9 Å². The van der Waals surface area contributed by atoms with Gasteiger partial charge in [0.2, 0.25) is 0 Å². The number of carbonyl (C=O) groups is 1. The van der Waals surface area contributed by atoms with Crippen LogP contribution in [0.1, 0.15) is 19.4 Å². The first kappa shape index (κ1) is 28.7. The third-order valence-electron chi connectivity index (χ3n) is 6.21. The normalized spacial score (nSPS) is 12.8. The Labute approximate surface area is 247 Å². The van der Waals surface area contributed by atoms with Crippen LogP contribution in [0.5, 0.6) is 11.5 Å². The summed E-state index contributed by atoms with van der Waals surface area (Å²) in [7, 11) is 1.55.